The molecule has 0 aromatic carbocycles. The van der Waals surface area contributed by atoms with Crippen LogP contribution in [0.3, 0.4) is 0 Å². The quantitative estimate of drug-likeness (QED) is 0.753. The molecule has 0 aromatic rings. The van der Waals surface area contributed by atoms with Crippen molar-refractivity contribution in [2.45, 2.75) is 45.2 Å². The Labute approximate surface area is 99.8 Å². The lowest BCUT2D eigenvalue weighted by molar-refractivity contribution is -0.124. The van der Waals surface area contributed by atoms with Gasteiger partial charge in [0.05, 0.1) is 6.04 Å². The van der Waals surface area contributed by atoms with E-state index in [0.29, 0.717) is 11.5 Å². The summed E-state index contributed by atoms with van der Waals surface area (Å²) < 4.78 is 11.2. The van der Waals surface area contributed by atoms with Gasteiger partial charge in [-0.25, -0.2) is 0 Å². The van der Waals surface area contributed by atoms with Gasteiger partial charge in [-0.2, -0.15) is 0 Å². The summed E-state index contributed by atoms with van der Waals surface area (Å²) in [6.07, 6.45) is 2.53. The summed E-state index contributed by atoms with van der Waals surface area (Å²) in [5.41, 5.74) is 5.84. The first-order chi connectivity index (χ1) is 7.54. The van der Waals surface area contributed by atoms with Crippen molar-refractivity contribution in [2.24, 2.45) is 11.7 Å². The van der Waals surface area contributed by atoms with Crippen molar-refractivity contribution in [1.29, 1.82) is 0 Å². The first kappa shape index (κ1) is 13.6. The van der Waals surface area contributed by atoms with Gasteiger partial charge >= 0.3 is 0 Å². The maximum absolute atomic E-state index is 11.8. The van der Waals surface area contributed by atoms with Crippen LogP contribution in [0.1, 0.15) is 33.1 Å². The van der Waals surface area contributed by atoms with E-state index in [0.717, 1.165) is 19.3 Å². The molecular weight excluding hydrogens is 224 g/mol. The predicted octanol–water partition coefficient (Wildman–Crippen LogP) is 0.387. The van der Waals surface area contributed by atoms with Crippen LogP contribution in [-0.2, 0) is 15.6 Å². The number of hydrogen-bond donors (Lipinski definition) is 2. The molecule has 16 heavy (non-hydrogen) atoms. The first-order valence-electron chi connectivity index (χ1n) is 5.95. The summed E-state index contributed by atoms with van der Waals surface area (Å²) in [5, 5.41) is 2.96. The second kappa shape index (κ2) is 6.35. The van der Waals surface area contributed by atoms with Gasteiger partial charge in [-0.05, 0) is 18.8 Å². The molecule has 1 heterocycles. The number of hydrogen-bond acceptors (Lipinski definition) is 3. The van der Waals surface area contributed by atoms with Crippen LogP contribution in [0.2, 0.25) is 0 Å². The molecule has 0 saturated carbocycles. The molecule has 94 valence electrons. The molecule has 3 N–H and O–H groups in total. The van der Waals surface area contributed by atoms with Gasteiger partial charge in [0.25, 0.3) is 0 Å². The highest BCUT2D eigenvalue weighted by Crippen LogP contribution is 2.11. The van der Waals surface area contributed by atoms with Gasteiger partial charge in [0.15, 0.2) is 0 Å². The fraction of sp³-hybridized carbons (Fsp3) is 0.909. The van der Waals surface area contributed by atoms with Crippen LogP contribution >= 0.6 is 0 Å². The number of nitrogens with one attached hydrogen (secondary N) is 1. The smallest absolute Gasteiger partial charge is 0.237 e. The van der Waals surface area contributed by atoms with Crippen LogP contribution in [-0.4, -0.2) is 33.7 Å². The van der Waals surface area contributed by atoms with Gasteiger partial charge in [-0.15, -0.1) is 0 Å². The zero-order chi connectivity index (χ0) is 12.1. The van der Waals surface area contributed by atoms with Crippen LogP contribution in [0.5, 0.6) is 0 Å². The normalized spacial score (nSPS) is 29.4. The Bertz CT molecular complexity index is 261. The zero-order valence-corrected chi connectivity index (χ0v) is 10.9. The monoisotopic (exact) mass is 246 g/mol. The van der Waals surface area contributed by atoms with Crippen molar-refractivity contribution in [3.8, 4) is 0 Å². The molecule has 0 radical (unpaired) electrons. The third kappa shape index (κ3) is 3.87. The minimum atomic E-state index is -0.679. The molecule has 1 amide bonds. The molecule has 1 saturated heterocycles. The summed E-state index contributed by atoms with van der Waals surface area (Å²) in [4.78, 5) is 11.8. The number of nitrogens with two attached hydrogens (primary N) is 1. The largest absolute Gasteiger partial charge is 0.352 e. The van der Waals surface area contributed by atoms with Crippen molar-refractivity contribution in [3.63, 3.8) is 0 Å². The molecule has 0 spiro atoms. The summed E-state index contributed by atoms with van der Waals surface area (Å²) in [6, 6.07) is -0.252. The van der Waals surface area contributed by atoms with Gasteiger partial charge in [-0.1, -0.05) is 20.3 Å². The Morgan fingerprint density at radius 2 is 2.06 bits per heavy atom. The summed E-state index contributed by atoms with van der Waals surface area (Å²) in [6.45, 7) is 4.02. The SMILES string of the molecule is CCC(C)C(N)C(=O)NC1CCS(=O)CC1. The summed E-state index contributed by atoms with van der Waals surface area (Å²) in [5.74, 6) is 1.54. The Kier molecular flexibility index (Phi) is 5.41. The zero-order valence-electron chi connectivity index (χ0n) is 10.1. The van der Waals surface area contributed by atoms with Crippen molar-refractivity contribution >= 4 is 16.7 Å². The third-order valence-electron chi connectivity index (χ3n) is 3.29. The maximum Gasteiger partial charge on any atom is 0.237 e. The second-order valence-electron chi connectivity index (χ2n) is 4.54. The fourth-order valence-electron chi connectivity index (χ4n) is 1.75. The van der Waals surface area contributed by atoms with Crippen molar-refractivity contribution in [1.82, 2.24) is 5.32 Å². The number of rotatable bonds is 4. The van der Waals surface area contributed by atoms with E-state index in [1.165, 1.54) is 0 Å². The molecule has 2 unspecified atom stereocenters. The van der Waals surface area contributed by atoms with E-state index >= 15 is 0 Å². The minimum absolute atomic E-state index is 0.0629. The van der Waals surface area contributed by atoms with E-state index in [2.05, 4.69) is 5.32 Å². The van der Waals surface area contributed by atoms with Gasteiger partial charge < -0.3 is 11.1 Å². The lowest BCUT2D eigenvalue weighted by Crippen LogP contribution is -2.49. The molecule has 1 aliphatic rings. The summed E-state index contributed by atoms with van der Waals surface area (Å²) >= 11 is 0. The van der Waals surface area contributed by atoms with Crippen LogP contribution < -0.4 is 11.1 Å². The standard InChI is InChI=1S/C11H22N2O2S/c1-3-8(2)10(12)11(14)13-9-4-6-16(15)7-5-9/h8-10H,3-7,12H2,1-2H3,(H,13,14). The van der Waals surface area contributed by atoms with Gasteiger partial charge in [0.2, 0.25) is 5.91 Å². The van der Waals surface area contributed by atoms with Gasteiger partial charge in [0, 0.05) is 28.3 Å². The average molecular weight is 246 g/mol. The molecule has 0 aromatic heterocycles. The van der Waals surface area contributed by atoms with Gasteiger partial charge in [-0.3, -0.25) is 9.00 Å². The Hall–Kier alpha value is -0.420. The van der Waals surface area contributed by atoms with Crippen LogP contribution in [0.4, 0.5) is 0 Å². The van der Waals surface area contributed by atoms with E-state index in [4.69, 9.17) is 5.73 Å². The van der Waals surface area contributed by atoms with E-state index in [-0.39, 0.29) is 17.9 Å². The molecule has 0 aliphatic carbocycles. The highest BCUT2D eigenvalue weighted by molar-refractivity contribution is 7.85. The number of amides is 1. The van der Waals surface area contributed by atoms with Crippen LogP contribution in [0, 0.1) is 5.92 Å². The maximum atomic E-state index is 11.8. The molecule has 5 heteroatoms. The summed E-state index contributed by atoms with van der Waals surface area (Å²) in [7, 11) is -0.679. The molecule has 1 fully saturated rings. The highest BCUT2D eigenvalue weighted by Gasteiger charge is 2.24. The van der Waals surface area contributed by atoms with Crippen LogP contribution in [0.15, 0.2) is 0 Å². The Balaban J connectivity index is 2.36. The molecule has 1 rings (SSSR count). The molecular formula is C11H22N2O2S. The van der Waals surface area contributed by atoms with Crippen LogP contribution in [0.25, 0.3) is 0 Å². The molecule has 1 aliphatic heterocycles. The second-order valence-corrected chi connectivity index (χ2v) is 6.24. The van der Waals surface area contributed by atoms with E-state index < -0.39 is 16.8 Å². The Morgan fingerprint density at radius 3 is 2.56 bits per heavy atom. The first-order valence-corrected chi connectivity index (χ1v) is 7.44. The Morgan fingerprint density at radius 1 is 1.50 bits per heavy atom. The van der Waals surface area contributed by atoms with Crippen molar-refractivity contribution in [2.75, 3.05) is 11.5 Å². The van der Waals surface area contributed by atoms with E-state index in [1.54, 1.807) is 0 Å². The molecule has 4 nitrogen and oxygen atoms in total. The lowest BCUT2D eigenvalue weighted by atomic mass is 9.99. The third-order valence-corrected chi connectivity index (χ3v) is 4.68. The van der Waals surface area contributed by atoms with E-state index in [9.17, 15) is 9.00 Å². The highest BCUT2D eigenvalue weighted by atomic mass is 32.2. The van der Waals surface area contributed by atoms with Gasteiger partial charge in [0.1, 0.15) is 0 Å². The fourth-order valence-corrected chi connectivity index (χ4v) is 3.05. The minimum Gasteiger partial charge on any atom is -0.352 e. The van der Waals surface area contributed by atoms with E-state index in [1.807, 2.05) is 13.8 Å². The topological polar surface area (TPSA) is 72.2 Å². The molecule has 2 atom stereocenters. The number of carbonyl (C=O) groups excluding carboxylic acids is 1. The van der Waals surface area contributed by atoms with Crippen molar-refractivity contribution < 1.29 is 9.00 Å². The number of carbonyl (C=O) groups is 1. The lowest BCUT2D eigenvalue weighted by Gasteiger charge is -2.25. The van der Waals surface area contributed by atoms with Crippen molar-refractivity contribution in [3.05, 3.63) is 0 Å². The predicted molar refractivity (Wildman–Crippen MR) is 66.5 cm³/mol. The molecule has 0 bridgehead atoms. The average Bonchev–Trinajstić information content (AvgIpc) is 2.30.